The summed E-state index contributed by atoms with van der Waals surface area (Å²) in [6, 6.07) is 3.69. The molecule has 0 spiro atoms. The van der Waals surface area contributed by atoms with Crippen LogP contribution in [0.3, 0.4) is 0 Å². The highest BCUT2D eigenvalue weighted by Crippen LogP contribution is 2.28. The van der Waals surface area contributed by atoms with Crippen molar-refractivity contribution in [3.05, 3.63) is 23.8 Å². The molecule has 0 bridgehead atoms. The number of carboxylic acid groups (broad SMARTS) is 1. The molecule has 0 aliphatic carbocycles. The quantitative estimate of drug-likeness (QED) is 0.604. The summed E-state index contributed by atoms with van der Waals surface area (Å²) in [6.45, 7) is 3.52. The van der Waals surface area contributed by atoms with E-state index in [9.17, 15) is 24.3 Å². The number of hydrogen-bond donors (Lipinski definition) is 3. The highest BCUT2D eigenvalue weighted by molar-refractivity contribution is 6.01. The van der Waals surface area contributed by atoms with E-state index in [0.29, 0.717) is 23.4 Å². The number of carbonyl (C=O) groups is 4. The number of rotatable bonds is 8. The van der Waals surface area contributed by atoms with Crippen LogP contribution in [0.15, 0.2) is 18.2 Å². The third-order valence-corrected chi connectivity index (χ3v) is 4.31. The van der Waals surface area contributed by atoms with E-state index >= 15 is 0 Å². The fourth-order valence-corrected chi connectivity index (χ4v) is 2.56. The summed E-state index contributed by atoms with van der Waals surface area (Å²) in [4.78, 5) is 46.8. The van der Waals surface area contributed by atoms with Gasteiger partial charge in [0, 0.05) is 18.4 Å². The summed E-state index contributed by atoms with van der Waals surface area (Å²) in [5.41, 5.74) is 0.762. The average molecular weight is 362 g/mol. The second-order valence-corrected chi connectivity index (χ2v) is 6.24. The first kappa shape index (κ1) is 19.4. The number of ketones is 1. The molecule has 140 valence electrons. The van der Waals surface area contributed by atoms with Crippen LogP contribution in [0.4, 0.5) is 5.69 Å². The van der Waals surface area contributed by atoms with Gasteiger partial charge in [0.05, 0.1) is 5.69 Å². The van der Waals surface area contributed by atoms with Crippen molar-refractivity contribution in [3.8, 4) is 5.75 Å². The topological polar surface area (TPSA) is 122 Å². The fourth-order valence-electron chi connectivity index (χ4n) is 2.56. The molecule has 3 N–H and O–H groups in total. The van der Waals surface area contributed by atoms with Gasteiger partial charge in [0.25, 0.3) is 5.91 Å². The summed E-state index contributed by atoms with van der Waals surface area (Å²) in [7, 11) is 0. The number of aliphatic carboxylic acids is 1. The Balaban J connectivity index is 1.94. The van der Waals surface area contributed by atoms with Gasteiger partial charge in [0.15, 0.2) is 12.4 Å². The molecule has 1 aliphatic heterocycles. The molecule has 2 atom stereocenters. The number of amides is 2. The van der Waals surface area contributed by atoms with Crippen LogP contribution in [-0.2, 0) is 14.4 Å². The van der Waals surface area contributed by atoms with Gasteiger partial charge < -0.3 is 20.5 Å². The van der Waals surface area contributed by atoms with Gasteiger partial charge >= 0.3 is 5.97 Å². The molecule has 1 aliphatic rings. The van der Waals surface area contributed by atoms with Gasteiger partial charge in [-0.2, -0.15) is 0 Å². The minimum absolute atomic E-state index is 0.0632. The molecule has 2 rings (SSSR count). The fraction of sp³-hybridized carbons (Fsp3) is 0.444. The van der Waals surface area contributed by atoms with Gasteiger partial charge in [0.2, 0.25) is 5.91 Å². The molecular weight excluding hydrogens is 340 g/mol. The number of fused-ring (bicyclic) bond motifs is 1. The van der Waals surface area contributed by atoms with E-state index in [2.05, 4.69) is 10.6 Å². The summed E-state index contributed by atoms with van der Waals surface area (Å²) in [5, 5.41) is 14.3. The van der Waals surface area contributed by atoms with E-state index in [-0.39, 0.29) is 37.1 Å². The van der Waals surface area contributed by atoms with Crippen molar-refractivity contribution in [1.82, 2.24) is 5.32 Å². The Bertz CT molecular complexity index is 730. The van der Waals surface area contributed by atoms with Crippen LogP contribution >= 0.6 is 0 Å². The lowest BCUT2D eigenvalue weighted by atomic mass is 9.99. The van der Waals surface area contributed by atoms with Crippen molar-refractivity contribution in [1.29, 1.82) is 0 Å². The first-order chi connectivity index (χ1) is 12.3. The largest absolute Gasteiger partial charge is 0.482 e. The Morgan fingerprint density at radius 2 is 2.04 bits per heavy atom. The lowest BCUT2D eigenvalue weighted by molar-refractivity contribution is -0.143. The van der Waals surface area contributed by atoms with Gasteiger partial charge in [-0.1, -0.05) is 20.3 Å². The number of carbonyl (C=O) groups excluding carboxylic acids is 3. The summed E-state index contributed by atoms with van der Waals surface area (Å²) in [5.74, 6) is -1.89. The number of ether oxygens (including phenoxy) is 1. The minimum Gasteiger partial charge on any atom is -0.482 e. The van der Waals surface area contributed by atoms with Gasteiger partial charge in [0.1, 0.15) is 11.8 Å². The van der Waals surface area contributed by atoms with E-state index in [1.165, 1.54) is 6.07 Å². The third-order valence-electron chi connectivity index (χ3n) is 4.31. The SMILES string of the molecule is CCC(C)C(NC(=O)CCC(=O)c1ccc2c(c1)NC(=O)CO2)C(=O)O. The maximum absolute atomic E-state index is 12.3. The van der Waals surface area contributed by atoms with Crippen LogP contribution in [0.25, 0.3) is 0 Å². The maximum Gasteiger partial charge on any atom is 0.326 e. The van der Waals surface area contributed by atoms with Crippen LogP contribution in [0.5, 0.6) is 5.75 Å². The van der Waals surface area contributed by atoms with Crippen LogP contribution in [-0.4, -0.2) is 41.3 Å². The van der Waals surface area contributed by atoms with Crippen LogP contribution < -0.4 is 15.4 Å². The Morgan fingerprint density at radius 3 is 2.69 bits per heavy atom. The highest BCUT2D eigenvalue weighted by atomic mass is 16.5. The Kier molecular flexibility index (Phi) is 6.32. The number of anilines is 1. The third kappa shape index (κ3) is 4.81. The molecule has 2 unspecified atom stereocenters. The van der Waals surface area contributed by atoms with Gasteiger partial charge in [-0.05, 0) is 24.1 Å². The van der Waals surface area contributed by atoms with Crippen molar-refractivity contribution in [2.24, 2.45) is 5.92 Å². The number of nitrogens with one attached hydrogen (secondary N) is 2. The van der Waals surface area contributed by atoms with E-state index in [1.54, 1.807) is 19.1 Å². The van der Waals surface area contributed by atoms with E-state index in [4.69, 9.17) is 4.74 Å². The van der Waals surface area contributed by atoms with Crippen LogP contribution in [0.1, 0.15) is 43.5 Å². The van der Waals surface area contributed by atoms with Crippen molar-refractivity contribution in [2.75, 3.05) is 11.9 Å². The van der Waals surface area contributed by atoms with Crippen LogP contribution in [0, 0.1) is 5.92 Å². The molecule has 0 fully saturated rings. The minimum atomic E-state index is -1.09. The molecule has 0 aromatic heterocycles. The lowest BCUT2D eigenvalue weighted by Gasteiger charge is -2.20. The lowest BCUT2D eigenvalue weighted by Crippen LogP contribution is -2.45. The predicted molar refractivity (Wildman–Crippen MR) is 93.2 cm³/mol. The molecule has 1 aromatic rings. The van der Waals surface area contributed by atoms with Crippen LogP contribution in [0.2, 0.25) is 0 Å². The van der Waals surface area contributed by atoms with E-state index < -0.39 is 17.9 Å². The maximum atomic E-state index is 12.3. The first-order valence-corrected chi connectivity index (χ1v) is 8.43. The normalized spacial score (nSPS) is 15.1. The molecule has 26 heavy (non-hydrogen) atoms. The summed E-state index contributed by atoms with van der Waals surface area (Å²) in [6.07, 6.45) is 0.435. The second-order valence-electron chi connectivity index (χ2n) is 6.24. The Hall–Kier alpha value is -2.90. The summed E-state index contributed by atoms with van der Waals surface area (Å²) < 4.78 is 5.22. The van der Waals surface area contributed by atoms with Crippen molar-refractivity contribution >= 4 is 29.3 Å². The summed E-state index contributed by atoms with van der Waals surface area (Å²) >= 11 is 0. The van der Waals surface area contributed by atoms with Crippen molar-refractivity contribution in [2.45, 2.75) is 39.2 Å². The second kappa shape index (κ2) is 8.46. The molecule has 8 nitrogen and oxygen atoms in total. The Labute approximate surface area is 150 Å². The number of hydrogen-bond acceptors (Lipinski definition) is 5. The van der Waals surface area contributed by atoms with Gasteiger partial charge in [-0.15, -0.1) is 0 Å². The molecular formula is C18H22N2O6. The monoisotopic (exact) mass is 362 g/mol. The van der Waals surface area contributed by atoms with Gasteiger partial charge in [-0.3, -0.25) is 14.4 Å². The predicted octanol–water partition coefficient (Wildman–Crippen LogP) is 1.60. The zero-order valence-corrected chi connectivity index (χ0v) is 14.7. The first-order valence-electron chi connectivity index (χ1n) is 8.43. The molecule has 1 aromatic carbocycles. The molecule has 1 heterocycles. The van der Waals surface area contributed by atoms with E-state index in [1.807, 2.05) is 6.92 Å². The number of carboxylic acids is 1. The zero-order valence-electron chi connectivity index (χ0n) is 14.7. The Morgan fingerprint density at radius 1 is 1.31 bits per heavy atom. The van der Waals surface area contributed by atoms with Crippen molar-refractivity contribution < 1.29 is 29.0 Å². The molecule has 0 saturated carbocycles. The smallest absolute Gasteiger partial charge is 0.326 e. The van der Waals surface area contributed by atoms with Crippen molar-refractivity contribution in [3.63, 3.8) is 0 Å². The van der Waals surface area contributed by atoms with E-state index in [0.717, 1.165) is 0 Å². The molecule has 2 amide bonds. The van der Waals surface area contributed by atoms with Gasteiger partial charge in [-0.25, -0.2) is 4.79 Å². The zero-order chi connectivity index (χ0) is 19.3. The average Bonchev–Trinajstić information content (AvgIpc) is 2.62. The number of benzene rings is 1. The standard InChI is InChI=1S/C18H22N2O6/c1-3-10(2)17(18(24)25)20-15(22)7-5-13(21)11-4-6-14-12(8-11)19-16(23)9-26-14/h4,6,8,10,17H,3,5,7,9H2,1-2H3,(H,19,23)(H,20,22)(H,24,25). The highest BCUT2D eigenvalue weighted by Gasteiger charge is 2.25. The molecule has 0 radical (unpaired) electrons. The molecule has 0 saturated heterocycles. The molecule has 8 heteroatoms. The number of Topliss-reactive ketones (excluding diaryl/α,β-unsaturated/α-hetero) is 1.